The van der Waals surface area contributed by atoms with Gasteiger partial charge in [0.15, 0.2) is 0 Å². The number of carbonyl (C=O) groups excluding carboxylic acids is 1. The molecule has 0 aliphatic carbocycles. The number of anilines is 1. The van der Waals surface area contributed by atoms with Gasteiger partial charge in [-0.05, 0) is 42.6 Å². The van der Waals surface area contributed by atoms with E-state index in [-0.39, 0.29) is 5.91 Å². The predicted octanol–water partition coefficient (Wildman–Crippen LogP) is 4.07. The number of fused-ring (bicyclic) bond motifs is 2. The molecule has 4 rings (SSSR count). The highest BCUT2D eigenvalue weighted by atomic mass is 16.1. The van der Waals surface area contributed by atoms with Crippen LogP contribution in [0.25, 0.3) is 21.8 Å². The summed E-state index contributed by atoms with van der Waals surface area (Å²) in [6.45, 7) is 2.33. The lowest BCUT2D eigenvalue weighted by molar-refractivity contribution is -0.116. The van der Waals surface area contributed by atoms with E-state index < -0.39 is 0 Å². The number of aromatic nitrogens is 2. The Balaban J connectivity index is 1.62. The van der Waals surface area contributed by atoms with Gasteiger partial charge in [0, 0.05) is 28.3 Å². The molecule has 114 valence electrons. The lowest BCUT2D eigenvalue weighted by Gasteiger charge is -2.10. The zero-order valence-corrected chi connectivity index (χ0v) is 12.8. The fraction of sp³-hybridized carbons (Fsp3) is 0.105. The third-order valence-electron chi connectivity index (χ3n) is 4.19. The third kappa shape index (κ3) is 2.38. The molecule has 0 aliphatic heterocycles. The van der Waals surface area contributed by atoms with Crippen molar-refractivity contribution in [3.05, 3.63) is 66.5 Å². The lowest BCUT2D eigenvalue weighted by Crippen LogP contribution is -2.19. The first kappa shape index (κ1) is 13.6. The van der Waals surface area contributed by atoms with Gasteiger partial charge >= 0.3 is 0 Å². The van der Waals surface area contributed by atoms with Crippen molar-refractivity contribution in [2.75, 3.05) is 5.32 Å². The maximum atomic E-state index is 12.5. The van der Waals surface area contributed by atoms with Crippen LogP contribution in [0.15, 0.2) is 60.8 Å². The molecule has 2 heterocycles. The molecule has 4 nitrogen and oxygen atoms in total. The van der Waals surface area contributed by atoms with Crippen LogP contribution in [0.4, 0.5) is 5.69 Å². The van der Waals surface area contributed by atoms with Crippen LogP contribution in [-0.4, -0.2) is 15.5 Å². The molecule has 2 aromatic carbocycles. The van der Waals surface area contributed by atoms with Crippen molar-refractivity contribution in [3.63, 3.8) is 0 Å². The molecule has 0 aliphatic rings. The predicted molar refractivity (Wildman–Crippen MR) is 93.6 cm³/mol. The number of nitrogens with zero attached hydrogens (tertiary/aromatic N) is 1. The second-order valence-corrected chi connectivity index (χ2v) is 5.72. The summed E-state index contributed by atoms with van der Waals surface area (Å²) in [7, 11) is 0. The number of benzene rings is 2. The highest BCUT2D eigenvalue weighted by Crippen LogP contribution is 2.23. The van der Waals surface area contributed by atoms with Gasteiger partial charge in [0.2, 0.25) is 5.91 Å². The van der Waals surface area contributed by atoms with Crippen LogP contribution in [0.2, 0.25) is 0 Å². The van der Waals surface area contributed by atoms with Crippen LogP contribution >= 0.6 is 0 Å². The molecule has 0 saturated heterocycles. The van der Waals surface area contributed by atoms with Gasteiger partial charge in [-0.25, -0.2) is 0 Å². The molecule has 0 fully saturated rings. The Bertz CT molecular complexity index is 1010. The van der Waals surface area contributed by atoms with E-state index in [1.54, 1.807) is 0 Å². The van der Waals surface area contributed by atoms with Gasteiger partial charge in [-0.1, -0.05) is 24.3 Å². The first-order chi connectivity index (χ1) is 11.2. The quantitative estimate of drug-likeness (QED) is 0.589. The van der Waals surface area contributed by atoms with Crippen LogP contribution in [0.1, 0.15) is 5.69 Å². The number of H-pyrrole nitrogens is 1. The van der Waals surface area contributed by atoms with Gasteiger partial charge < -0.3 is 14.9 Å². The Morgan fingerprint density at radius 3 is 2.91 bits per heavy atom. The molecular formula is C19H17N3O. The number of para-hydroxylation sites is 1. The molecule has 2 N–H and O–H groups in total. The van der Waals surface area contributed by atoms with Crippen LogP contribution < -0.4 is 5.32 Å². The average Bonchev–Trinajstić information content (AvgIpc) is 3.13. The van der Waals surface area contributed by atoms with E-state index in [0.717, 1.165) is 33.2 Å². The maximum absolute atomic E-state index is 12.5. The van der Waals surface area contributed by atoms with Crippen LogP contribution in [0.3, 0.4) is 0 Å². The second kappa shape index (κ2) is 5.32. The summed E-state index contributed by atoms with van der Waals surface area (Å²) in [5, 5.41) is 5.20. The number of hydrogen-bond acceptors (Lipinski definition) is 1. The zero-order chi connectivity index (χ0) is 15.8. The van der Waals surface area contributed by atoms with E-state index >= 15 is 0 Å². The Morgan fingerprint density at radius 1 is 1.13 bits per heavy atom. The number of hydrogen-bond donors (Lipinski definition) is 2. The standard InChI is InChI=1S/C19H17N3O/c1-13-11-14-5-2-3-8-18(14)22(13)12-19(23)21-17-7-4-6-16-15(17)9-10-20-16/h2-11,20H,12H2,1H3,(H,21,23). The molecule has 0 saturated carbocycles. The van der Waals surface area contributed by atoms with Crippen molar-refractivity contribution in [3.8, 4) is 0 Å². The molecule has 0 unspecified atom stereocenters. The minimum atomic E-state index is -0.0249. The molecular weight excluding hydrogens is 286 g/mol. The van der Waals surface area contributed by atoms with Gasteiger partial charge in [0.25, 0.3) is 0 Å². The Labute approximate surface area is 133 Å². The van der Waals surface area contributed by atoms with E-state index in [4.69, 9.17) is 0 Å². The largest absolute Gasteiger partial charge is 0.361 e. The second-order valence-electron chi connectivity index (χ2n) is 5.72. The first-order valence-electron chi connectivity index (χ1n) is 7.63. The summed E-state index contributed by atoms with van der Waals surface area (Å²) in [6, 6.07) is 18.1. The molecule has 4 heteroatoms. The van der Waals surface area contributed by atoms with Crippen molar-refractivity contribution >= 4 is 33.4 Å². The number of rotatable bonds is 3. The summed E-state index contributed by atoms with van der Waals surface area (Å²) < 4.78 is 2.04. The van der Waals surface area contributed by atoms with E-state index in [1.165, 1.54) is 0 Å². The number of carbonyl (C=O) groups is 1. The average molecular weight is 303 g/mol. The Morgan fingerprint density at radius 2 is 2.00 bits per heavy atom. The highest BCUT2D eigenvalue weighted by Gasteiger charge is 2.11. The SMILES string of the molecule is Cc1cc2ccccc2n1CC(=O)Nc1cccc2[nH]ccc12. The van der Waals surface area contributed by atoms with E-state index in [9.17, 15) is 4.79 Å². The van der Waals surface area contributed by atoms with Crippen molar-refractivity contribution in [2.24, 2.45) is 0 Å². The minimum absolute atomic E-state index is 0.0249. The molecule has 2 aromatic heterocycles. The maximum Gasteiger partial charge on any atom is 0.244 e. The number of aryl methyl sites for hydroxylation is 1. The molecule has 0 spiro atoms. The zero-order valence-electron chi connectivity index (χ0n) is 12.8. The summed E-state index contributed by atoms with van der Waals surface area (Å²) in [5.41, 5.74) is 4.02. The molecule has 1 amide bonds. The smallest absolute Gasteiger partial charge is 0.244 e. The number of nitrogens with one attached hydrogen (secondary N) is 2. The summed E-state index contributed by atoms with van der Waals surface area (Å²) in [5.74, 6) is -0.0249. The molecule has 4 aromatic rings. The van der Waals surface area contributed by atoms with Gasteiger partial charge in [0.1, 0.15) is 6.54 Å². The fourth-order valence-electron chi connectivity index (χ4n) is 3.09. The van der Waals surface area contributed by atoms with Gasteiger partial charge in [-0.2, -0.15) is 0 Å². The molecule has 0 atom stereocenters. The normalized spacial score (nSPS) is 11.2. The fourth-order valence-corrected chi connectivity index (χ4v) is 3.09. The van der Waals surface area contributed by atoms with Crippen molar-refractivity contribution in [1.29, 1.82) is 0 Å². The van der Waals surface area contributed by atoms with Crippen molar-refractivity contribution < 1.29 is 4.79 Å². The summed E-state index contributed by atoms with van der Waals surface area (Å²) in [6.07, 6.45) is 1.88. The van der Waals surface area contributed by atoms with Gasteiger partial charge in [-0.3, -0.25) is 4.79 Å². The van der Waals surface area contributed by atoms with E-state index in [1.807, 2.05) is 60.2 Å². The van der Waals surface area contributed by atoms with Crippen molar-refractivity contribution in [1.82, 2.24) is 9.55 Å². The summed E-state index contributed by atoms with van der Waals surface area (Å²) >= 11 is 0. The van der Waals surface area contributed by atoms with Gasteiger partial charge in [0.05, 0.1) is 5.69 Å². The van der Waals surface area contributed by atoms with Crippen LogP contribution in [0.5, 0.6) is 0 Å². The highest BCUT2D eigenvalue weighted by molar-refractivity contribution is 6.01. The lowest BCUT2D eigenvalue weighted by atomic mass is 10.2. The molecule has 23 heavy (non-hydrogen) atoms. The minimum Gasteiger partial charge on any atom is -0.361 e. The Hall–Kier alpha value is -3.01. The Kier molecular flexibility index (Phi) is 3.15. The molecule has 0 bridgehead atoms. The number of aromatic amines is 1. The van der Waals surface area contributed by atoms with Crippen molar-refractivity contribution in [2.45, 2.75) is 13.5 Å². The topological polar surface area (TPSA) is 49.8 Å². The number of amides is 1. The summed E-state index contributed by atoms with van der Waals surface area (Å²) in [4.78, 5) is 15.7. The first-order valence-corrected chi connectivity index (χ1v) is 7.63. The van der Waals surface area contributed by atoms with E-state index in [0.29, 0.717) is 6.54 Å². The third-order valence-corrected chi connectivity index (χ3v) is 4.19. The monoisotopic (exact) mass is 303 g/mol. The van der Waals surface area contributed by atoms with Crippen LogP contribution in [-0.2, 0) is 11.3 Å². The molecule has 0 radical (unpaired) electrons. The van der Waals surface area contributed by atoms with Gasteiger partial charge in [-0.15, -0.1) is 0 Å². The van der Waals surface area contributed by atoms with E-state index in [2.05, 4.69) is 22.4 Å². The van der Waals surface area contributed by atoms with Crippen LogP contribution in [0, 0.1) is 6.92 Å².